The number of anilines is 1. The van der Waals surface area contributed by atoms with Gasteiger partial charge in [-0.15, -0.1) is 0 Å². The van der Waals surface area contributed by atoms with Gasteiger partial charge < -0.3 is 19.6 Å². The monoisotopic (exact) mass is 439 g/mol. The number of carbonyl (C=O) groups excluding carboxylic acids is 1. The molecule has 3 heterocycles. The number of carbonyl (C=O) groups is 1. The number of nitrogens with one attached hydrogen (secondary N) is 2. The number of halogens is 1. The molecule has 4 rings (SSSR count). The van der Waals surface area contributed by atoms with Crippen molar-refractivity contribution in [2.45, 2.75) is 6.54 Å². The predicted molar refractivity (Wildman–Crippen MR) is 111 cm³/mol. The van der Waals surface area contributed by atoms with Gasteiger partial charge >= 0.3 is 5.97 Å². The SMILES string of the molecule is COC(=O)c1cc(CNc2ccc(-c3nc4ncc(Br)cc4[nH]3)cc2)cn1C. The molecule has 0 fully saturated rings. The number of aryl methyl sites for hydroxylation is 1. The minimum Gasteiger partial charge on any atom is -0.464 e. The third-order valence-corrected chi connectivity index (χ3v) is 4.85. The predicted octanol–water partition coefficient (Wildman–Crippen LogP) is 4.12. The highest BCUT2D eigenvalue weighted by Crippen LogP contribution is 2.23. The summed E-state index contributed by atoms with van der Waals surface area (Å²) in [5, 5.41) is 3.36. The first-order chi connectivity index (χ1) is 13.5. The Labute approximate surface area is 169 Å². The van der Waals surface area contributed by atoms with Crippen molar-refractivity contribution in [2.24, 2.45) is 7.05 Å². The lowest BCUT2D eigenvalue weighted by Gasteiger charge is -2.05. The number of aromatic amines is 1. The number of nitrogens with zero attached hydrogens (tertiary/aromatic N) is 3. The maximum Gasteiger partial charge on any atom is 0.354 e. The Morgan fingerprint density at radius 2 is 2.07 bits per heavy atom. The highest BCUT2D eigenvalue weighted by Gasteiger charge is 2.12. The Morgan fingerprint density at radius 3 is 2.82 bits per heavy atom. The Bertz CT molecular complexity index is 1150. The van der Waals surface area contributed by atoms with Crippen LogP contribution in [0.5, 0.6) is 0 Å². The molecule has 7 nitrogen and oxygen atoms in total. The number of aromatic nitrogens is 4. The number of H-pyrrole nitrogens is 1. The van der Waals surface area contributed by atoms with E-state index in [4.69, 9.17) is 4.74 Å². The van der Waals surface area contributed by atoms with Crippen LogP contribution >= 0.6 is 15.9 Å². The van der Waals surface area contributed by atoms with Gasteiger partial charge in [0.1, 0.15) is 11.5 Å². The third-order valence-electron chi connectivity index (χ3n) is 4.42. The molecule has 0 radical (unpaired) electrons. The highest BCUT2D eigenvalue weighted by molar-refractivity contribution is 9.10. The number of imidazole rings is 1. The lowest BCUT2D eigenvalue weighted by molar-refractivity contribution is 0.0590. The van der Waals surface area contributed by atoms with Gasteiger partial charge in [-0.2, -0.15) is 0 Å². The molecule has 28 heavy (non-hydrogen) atoms. The molecule has 8 heteroatoms. The number of esters is 1. The second-order valence-corrected chi connectivity index (χ2v) is 7.29. The summed E-state index contributed by atoms with van der Waals surface area (Å²) in [5.41, 5.74) is 5.06. The normalized spacial score (nSPS) is 11.0. The van der Waals surface area contributed by atoms with Crippen LogP contribution in [-0.4, -0.2) is 32.6 Å². The van der Waals surface area contributed by atoms with Gasteiger partial charge in [0.25, 0.3) is 0 Å². The number of benzene rings is 1. The number of methoxy groups -OCH3 is 1. The van der Waals surface area contributed by atoms with E-state index >= 15 is 0 Å². The van der Waals surface area contributed by atoms with E-state index in [1.54, 1.807) is 10.8 Å². The molecular weight excluding hydrogens is 422 g/mol. The van der Waals surface area contributed by atoms with E-state index in [0.29, 0.717) is 17.9 Å². The molecule has 0 saturated carbocycles. The molecule has 0 aliphatic carbocycles. The number of rotatable bonds is 5. The van der Waals surface area contributed by atoms with Gasteiger partial charge in [0.05, 0.1) is 12.6 Å². The van der Waals surface area contributed by atoms with E-state index in [1.807, 2.05) is 49.6 Å². The summed E-state index contributed by atoms with van der Waals surface area (Å²) in [6.45, 7) is 0.604. The summed E-state index contributed by atoms with van der Waals surface area (Å²) < 4.78 is 7.45. The summed E-state index contributed by atoms with van der Waals surface area (Å²) >= 11 is 3.42. The average Bonchev–Trinajstić information content (AvgIpc) is 3.29. The molecule has 4 aromatic rings. The topological polar surface area (TPSA) is 84.8 Å². The molecule has 0 saturated heterocycles. The molecule has 0 spiro atoms. The van der Waals surface area contributed by atoms with Crippen LogP contribution in [0.15, 0.2) is 53.3 Å². The molecule has 0 atom stereocenters. The third kappa shape index (κ3) is 3.63. The van der Waals surface area contributed by atoms with Crippen LogP contribution in [0.2, 0.25) is 0 Å². The number of pyridine rings is 1. The molecule has 0 bridgehead atoms. The van der Waals surface area contributed by atoms with Crippen molar-refractivity contribution in [1.82, 2.24) is 19.5 Å². The fraction of sp³-hybridized carbons (Fsp3) is 0.150. The summed E-state index contributed by atoms with van der Waals surface area (Å²) in [6.07, 6.45) is 3.64. The van der Waals surface area contributed by atoms with Crippen LogP contribution in [0.4, 0.5) is 5.69 Å². The Morgan fingerprint density at radius 1 is 1.29 bits per heavy atom. The van der Waals surface area contributed by atoms with E-state index in [2.05, 4.69) is 36.2 Å². The maximum atomic E-state index is 11.7. The molecule has 0 aliphatic heterocycles. The number of hydrogen-bond donors (Lipinski definition) is 2. The standard InChI is InChI=1S/C20H18BrN5O2/c1-26-11-12(7-17(26)20(27)28-2)9-22-15-5-3-13(4-6-15)18-24-16-8-14(21)10-23-19(16)25-18/h3-8,10-11,22H,9H2,1-2H3,(H,23,24,25). The van der Waals surface area contributed by atoms with Crippen LogP contribution in [0.25, 0.3) is 22.6 Å². The number of ether oxygens (including phenoxy) is 1. The van der Waals surface area contributed by atoms with Gasteiger partial charge in [0, 0.05) is 41.7 Å². The van der Waals surface area contributed by atoms with Crippen molar-refractivity contribution in [1.29, 1.82) is 0 Å². The van der Waals surface area contributed by atoms with E-state index < -0.39 is 0 Å². The first-order valence-corrected chi connectivity index (χ1v) is 9.42. The zero-order chi connectivity index (χ0) is 19.7. The highest BCUT2D eigenvalue weighted by atomic mass is 79.9. The van der Waals surface area contributed by atoms with Crippen LogP contribution < -0.4 is 5.32 Å². The van der Waals surface area contributed by atoms with Gasteiger partial charge in [-0.1, -0.05) is 0 Å². The summed E-state index contributed by atoms with van der Waals surface area (Å²) in [5.74, 6) is 0.434. The van der Waals surface area contributed by atoms with Crippen molar-refractivity contribution >= 4 is 38.8 Å². The van der Waals surface area contributed by atoms with Crippen LogP contribution in [-0.2, 0) is 18.3 Å². The molecule has 142 valence electrons. The van der Waals surface area contributed by atoms with Crippen molar-refractivity contribution in [3.8, 4) is 11.4 Å². The van der Waals surface area contributed by atoms with E-state index in [9.17, 15) is 4.79 Å². The Balaban J connectivity index is 1.46. The lowest BCUT2D eigenvalue weighted by atomic mass is 10.2. The van der Waals surface area contributed by atoms with E-state index in [1.165, 1.54) is 7.11 Å². The van der Waals surface area contributed by atoms with Crippen LogP contribution in [0.3, 0.4) is 0 Å². The van der Waals surface area contributed by atoms with Gasteiger partial charge in [0.15, 0.2) is 5.65 Å². The smallest absolute Gasteiger partial charge is 0.354 e. The van der Waals surface area contributed by atoms with Crippen molar-refractivity contribution in [2.75, 3.05) is 12.4 Å². The second kappa shape index (κ2) is 7.47. The second-order valence-electron chi connectivity index (χ2n) is 6.38. The van der Waals surface area contributed by atoms with Crippen molar-refractivity contribution in [3.05, 3.63) is 64.5 Å². The minimum absolute atomic E-state index is 0.342. The van der Waals surface area contributed by atoms with Gasteiger partial charge in [-0.05, 0) is 57.9 Å². The Kier molecular flexibility index (Phi) is 4.87. The molecule has 0 aliphatic rings. The largest absolute Gasteiger partial charge is 0.464 e. The van der Waals surface area contributed by atoms with Crippen molar-refractivity contribution in [3.63, 3.8) is 0 Å². The fourth-order valence-electron chi connectivity index (χ4n) is 3.00. The van der Waals surface area contributed by atoms with Crippen LogP contribution in [0.1, 0.15) is 16.1 Å². The first kappa shape index (κ1) is 18.2. The molecular formula is C20H18BrN5O2. The first-order valence-electron chi connectivity index (χ1n) is 8.62. The Hall–Kier alpha value is -3.13. The lowest BCUT2D eigenvalue weighted by Crippen LogP contribution is -2.06. The molecule has 2 N–H and O–H groups in total. The van der Waals surface area contributed by atoms with E-state index in [-0.39, 0.29) is 5.97 Å². The molecule has 0 amide bonds. The number of fused-ring (bicyclic) bond motifs is 1. The quantitative estimate of drug-likeness (QED) is 0.456. The van der Waals surface area contributed by atoms with Gasteiger partial charge in [0.2, 0.25) is 0 Å². The van der Waals surface area contributed by atoms with Gasteiger partial charge in [-0.3, -0.25) is 0 Å². The summed E-state index contributed by atoms with van der Waals surface area (Å²) in [4.78, 5) is 23.8. The number of hydrogen-bond acceptors (Lipinski definition) is 5. The summed E-state index contributed by atoms with van der Waals surface area (Å²) in [7, 11) is 3.21. The van der Waals surface area contributed by atoms with Gasteiger partial charge in [-0.25, -0.2) is 14.8 Å². The zero-order valence-electron chi connectivity index (χ0n) is 15.4. The van der Waals surface area contributed by atoms with E-state index in [0.717, 1.165) is 32.6 Å². The fourth-order valence-corrected chi connectivity index (χ4v) is 3.33. The molecule has 1 aromatic carbocycles. The molecule has 0 unspecified atom stereocenters. The molecule has 3 aromatic heterocycles. The minimum atomic E-state index is -0.342. The van der Waals surface area contributed by atoms with Crippen LogP contribution in [0, 0.1) is 0 Å². The average molecular weight is 440 g/mol. The maximum absolute atomic E-state index is 11.7. The van der Waals surface area contributed by atoms with Crippen molar-refractivity contribution < 1.29 is 9.53 Å². The zero-order valence-corrected chi connectivity index (χ0v) is 16.9. The summed E-state index contributed by atoms with van der Waals surface area (Å²) in [6, 6.07) is 11.8.